The van der Waals surface area contributed by atoms with Gasteiger partial charge in [0.1, 0.15) is 11.2 Å². The van der Waals surface area contributed by atoms with Crippen molar-refractivity contribution in [3.05, 3.63) is 50.9 Å². The zero-order valence-electron chi connectivity index (χ0n) is 10.9. The first kappa shape index (κ1) is 13.9. The summed E-state index contributed by atoms with van der Waals surface area (Å²) < 4.78 is 2.38. The van der Waals surface area contributed by atoms with Crippen LogP contribution in [0, 0.1) is 6.92 Å². The van der Waals surface area contributed by atoms with Crippen LogP contribution in [0.5, 0.6) is 0 Å². The first-order chi connectivity index (χ1) is 10.1. The Morgan fingerprint density at radius 2 is 2.24 bits per heavy atom. The van der Waals surface area contributed by atoms with E-state index in [1.807, 2.05) is 36.6 Å². The molecule has 2 heterocycles. The summed E-state index contributed by atoms with van der Waals surface area (Å²) in [7, 11) is 0. The van der Waals surface area contributed by atoms with Crippen molar-refractivity contribution in [1.29, 1.82) is 0 Å². The quantitative estimate of drug-likeness (QED) is 0.775. The Kier molecular flexibility index (Phi) is 3.80. The van der Waals surface area contributed by atoms with Gasteiger partial charge in [0.25, 0.3) is 5.91 Å². The van der Waals surface area contributed by atoms with Crippen LogP contribution in [0.15, 0.2) is 40.4 Å². The van der Waals surface area contributed by atoms with E-state index < -0.39 is 0 Å². The van der Waals surface area contributed by atoms with Gasteiger partial charge in [-0.3, -0.25) is 4.79 Å². The number of tetrazole rings is 1. The molecule has 0 saturated heterocycles. The fraction of sp³-hybridized carbons (Fsp3) is 0.0769. The maximum atomic E-state index is 12.2. The average molecular weight is 364 g/mol. The molecule has 2 aromatic heterocycles. The van der Waals surface area contributed by atoms with Crippen LogP contribution in [0.1, 0.15) is 15.2 Å². The zero-order valence-corrected chi connectivity index (χ0v) is 13.3. The number of benzene rings is 1. The molecule has 0 radical (unpaired) electrons. The molecule has 0 unspecified atom stereocenters. The van der Waals surface area contributed by atoms with Crippen LogP contribution < -0.4 is 5.32 Å². The third kappa shape index (κ3) is 2.86. The minimum Gasteiger partial charge on any atom is -0.321 e. The summed E-state index contributed by atoms with van der Waals surface area (Å²) in [5.41, 5.74) is 2.57. The lowest BCUT2D eigenvalue weighted by Gasteiger charge is -2.08. The molecule has 6 nitrogen and oxygen atoms in total. The van der Waals surface area contributed by atoms with Gasteiger partial charge in [0.2, 0.25) is 0 Å². The maximum Gasteiger partial charge on any atom is 0.266 e. The Balaban J connectivity index is 1.83. The van der Waals surface area contributed by atoms with Gasteiger partial charge in [-0.1, -0.05) is 0 Å². The molecule has 106 valence electrons. The molecular formula is C13H10BrN5OS. The zero-order chi connectivity index (χ0) is 14.8. The average Bonchev–Trinajstić information content (AvgIpc) is 3.10. The summed E-state index contributed by atoms with van der Waals surface area (Å²) in [6.45, 7) is 1.94. The van der Waals surface area contributed by atoms with Crippen LogP contribution >= 0.6 is 27.3 Å². The highest BCUT2D eigenvalue weighted by molar-refractivity contribution is 9.10. The molecule has 1 N–H and O–H groups in total. The monoisotopic (exact) mass is 363 g/mol. The molecule has 0 aliphatic rings. The topological polar surface area (TPSA) is 72.7 Å². The van der Waals surface area contributed by atoms with Gasteiger partial charge in [-0.05, 0) is 68.5 Å². The fourth-order valence-electron chi connectivity index (χ4n) is 1.91. The normalized spacial score (nSPS) is 10.6. The Labute approximate surface area is 132 Å². The Bertz CT molecular complexity index is 784. The summed E-state index contributed by atoms with van der Waals surface area (Å²) in [4.78, 5) is 12.8. The van der Waals surface area contributed by atoms with E-state index in [4.69, 9.17) is 0 Å². The second-order valence-corrected chi connectivity index (χ2v) is 6.08. The number of thiophene rings is 1. The number of carbonyl (C=O) groups excluding carboxylic acids is 1. The van der Waals surface area contributed by atoms with Gasteiger partial charge in [-0.2, -0.15) is 0 Å². The Hall–Kier alpha value is -2.06. The van der Waals surface area contributed by atoms with Gasteiger partial charge in [-0.15, -0.1) is 16.4 Å². The smallest absolute Gasteiger partial charge is 0.266 e. The van der Waals surface area contributed by atoms with E-state index in [2.05, 4.69) is 36.8 Å². The minimum atomic E-state index is -0.133. The van der Waals surface area contributed by atoms with Crippen LogP contribution in [0.4, 0.5) is 5.69 Å². The lowest BCUT2D eigenvalue weighted by molar-refractivity contribution is 0.103. The van der Waals surface area contributed by atoms with E-state index in [1.165, 1.54) is 17.7 Å². The highest BCUT2D eigenvalue weighted by Crippen LogP contribution is 2.24. The van der Waals surface area contributed by atoms with Gasteiger partial charge in [-0.25, -0.2) is 4.68 Å². The molecule has 8 heteroatoms. The number of halogens is 1. The van der Waals surface area contributed by atoms with E-state index >= 15 is 0 Å². The summed E-state index contributed by atoms with van der Waals surface area (Å²) >= 11 is 4.75. The van der Waals surface area contributed by atoms with Crippen molar-refractivity contribution in [2.24, 2.45) is 0 Å². The number of carbonyl (C=O) groups is 1. The Morgan fingerprint density at radius 1 is 1.38 bits per heavy atom. The molecule has 3 rings (SSSR count). The molecule has 0 spiro atoms. The number of amides is 1. The lowest BCUT2D eigenvalue weighted by atomic mass is 10.2. The number of aryl methyl sites for hydroxylation is 1. The second kappa shape index (κ2) is 5.74. The number of hydrogen-bond acceptors (Lipinski definition) is 5. The van der Waals surface area contributed by atoms with Crippen molar-refractivity contribution in [3.8, 4) is 5.69 Å². The summed E-state index contributed by atoms with van der Waals surface area (Å²) in [6.07, 6.45) is 1.53. The number of aromatic nitrogens is 4. The van der Waals surface area contributed by atoms with Crippen molar-refractivity contribution in [2.45, 2.75) is 6.92 Å². The standard InChI is InChI=1S/C13H10BrN5OS/c1-8-6-9(2-3-11(8)19-7-15-17-18-19)16-13(20)12-10(14)4-5-21-12/h2-7H,1H3,(H,16,20). The second-order valence-electron chi connectivity index (χ2n) is 4.31. The number of nitrogens with one attached hydrogen (secondary N) is 1. The van der Waals surface area contributed by atoms with Crippen molar-refractivity contribution in [3.63, 3.8) is 0 Å². The maximum absolute atomic E-state index is 12.2. The largest absolute Gasteiger partial charge is 0.321 e. The van der Waals surface area contributed by atoms with Gasteiger partial charge in [0.05, 0.1) is 5.69 Å². The van der Waals surface area contributed by atoms with E-state index in [-0.39, 0.29) is 5.91 Å². The Morgan fingerprint density at radius 3 is 2.86 bits per heavy atom. The number of hydrogen-bond donors (Lipinski definition) is 1. The van der Waals surface area contributed by atoms with Crippen LogP contribution in [0.25, 0.3) is 5.69 Å². The van der Waals surface area contributed by atoms with Crippen molar-refractivity contribution >= 4 is 38.9 Å². The summed E-state index contributed by atoms with van der Waals surface area (Å²) in [5.74, 6) is -0.133. The van der Waals surface area contributed by atoms with E-state index in [0.29, 0.717) is 4.88 Å². The first-order valence-electron chi connectivity index (χ1n) is 6.03. The SMILES string of the molecule is Cc1cc(NC(=O)c2sccc2Br)ccc1-n1cnnn1. The number of nitrogens with zero attached hydrogens (tertiary/aromatic N) is 4. The molecule has 1 aromatic carbocycles. The minimum absolute atomic E-state index is 0.133. The van der Waals surface area contributed by atoms with Gasteiger partial charge in [0.15, 0.2) is 0 Å². The van der Waals surface area contributed by atoms with Crippen molar-refractivity contribution in [1.82, 2.24) is 20.2 Å². The van der Waals surface area contributed by atoms with Crippen LogP contribution in [-0.2, 0) is 0 Å². The van der Waals surface area contributed by atoms with E-state index in [9.17, 15) is 4.79 Å². The third-order valence-electron chi connectivity index (χ3n) is 2.87. The van der Waals surface area contributed by atoms with Gasteiger partial charge < -0.3 is 5.32 Å². The number of rotatable bonds is 3. The molecule has 1 amide bonds. The van der Waals surface area contributed by atoms with E-state index in [1.54, 1.807) is 4.68 Å². The molecule has 0 aliphatic carbocycles. The van der Waals surface area contributed by atoms with Crippen LogP contribution in [0.3, 0.4) is 0 Å². The predicted octanol–water partition coefficient (Wildman–Crippen LogP) is 3.05. The number of anilines is 1. The molecule has 0 fully saturated rings. The highest BCUT2D eigenvalue weighted by atomic mass is 79.9. The predicted molar refractivity (Wildman–Crippen MR) is 83.9 cm³/mol. The van der Waals surface area contributed by atoms with Crippen LogP contribution in [0.2, 0.25) is 0 Å². The summed E-state index contributed by atoms with van der Waals surface area (Å²) in [6, 6.07) is 7.43. The third-order valence-corrected chi connectivity index (χ3v) is 4.71. The molecule has 0 bridgehead atoms. The van der Waals surface area contributed by atoms with Crippen molar-refractivity contribution < 1.29 is 4.79 Å². The first-order valence-corrected chi connectivity index (χ1v) is 7.71. The fourth-order valence-corrected chi connectivity index (χ4v) is 3.35. The van der Waals surface area contributed by atoms with Gasteiger partial charge in [0, 0.05) is 10.2 Å². The molecule has 0 atom stereocenters. The molecular weight excluding hydrogens is 354 g/mol. The molecule has 0 aliphatic heterocycles. The highest BCUT2D eigenvalue weighted by Gasteiger charge is 2.12. The van der Waals surface area contributed by atoms with Gasteiger partial charge >= 0.3 is 0 Å². The molecule has 21 heavy (non-hydrogen) atoms. The lowest BCUT2D eigenvalue weighted by Crippen LogP contribution is -2.11. The molecule has 3 aromatic rings. The van der Waals surface area contributed by atoms with E-state index in [0.717, 1.165) is 21.4 Å². The van der Waals surface area contributed by atoms with Crippen molar-refractivity contribution in [2.75, 3.05) is 5.32 Å². The van der Waals surface area contributed by atoms with Crippen LogP contribution in [-0.4, -0.2) is 26.1 Å². The molecule has 0 saturated carbocycles. The summed E-state index contributed by atoms with van der Waals surface area (Å²) in [5, 5.41) is 15.8.